The maximum atomic E-state index is 11.7. The van der Waals surface area contributed by atoms with Crippen LogP contribution in [0.5, 0.6) is 0 Å². The fraction of sp³-hybridized carbons (Fsp3) is 0.333. The van der Waals surface area contributed by atoms with Crippen LogP contribution in [0.15, 0.2) is 24.3 Å². The molecule has 2 amide bonds. The molecule has 0 saturated carbocycles. The third kappa shape index (κ3) is 3.45. The standard InChI is InChI=1S/C12H15N3O2.ClH/c13-11(16)7-15-12(17)10-5-8-3-1-2-4-9(8)6-14-10;/h1-4,10,14H,5-7H2,(H2,13,16)(H,15,17);1H. The molecule has 1 heterocycles. The molecule has 0 radical (unpaired) electrons. The van der Waals surface area contributed by atoms with Gasteiger partial charge in [-0.15, -0.1) is 12.4 Å². The maximum absolute atomic E-state index is 11.7. The third-order valence-electron chi connectivity index (χ3n) is 2.83. The zero-order valence-corrected chi connectivity index (χ0v) is 10.6. The van der Waals surface area contributed by atoms with Gasteiger partial charge in [0, 0.05) is 6.54 Å². The summed E-state index contributed by atoms with van der Waals surface area (Å²) in [6.07, 6.45) is 0.640. The average molecular weight is 270 g/mol. The van der Waals surface area contributed by atoms with Gasteiger partial charge in [0.2, 0.25) is 11.8 Å². The Morgan fingerprint density at radius 2 is 2.00 bits per heavy atom. The lowest BCUT2D eigenvalue weighted by molar-refractivity contribution is -0.126. The second kappa shape index (κ2) is 6.37. The van der Waals surface area contributed by atoms with Crippen molar-refractivity contribution in [1.29, 1.82) is 0 Å². The zero-order chi connectivity index (χ0) is 12.3. The third-order valence-corrected chi connectivity index (χ3v) is 2.83. The highest BCUT2D eigenvalue weighted by atomic mass is 35.5. The summed E-state index contributed by atoms with van der Waals surface area (Å²) in [7, 11) is 0. The van der Waals surface area contributed by atoms with E-state index in [9.17, 15) is 9.59 Å². The minimum Gasteiger partial charge on any atom is -0.368 e. The van der Waals surface area contributed by atoms with E-state index in [4.69, 9.17) is 5.73 Å². The van der Waals surface area contributed by atoms with Crippen molar-refractivity contribution in [3.63, 3.8) is 0 Å². The molecule has 1 atom stereocenters. The van der Waals surface area contributed by atoms with E-state index >= 15 is 0 Å². The van der Waals surface area contributed by atoms with Gasteiger partial charge < -0.3 is 16.4 Å². The van der Waals surface area contributed by atoms with Crippen molar-refractivity contribution in [3.8, 4) is 0 Å². The van der Waals surface area contributed by atoms with Crippen molar-refractivity contribution in [2.75, 3.05) is 6.54 Å². The number of nitrogens with one attached hydrogen (secondary N) is 2. The number of rotatable bonds is 3. The van der Waals surface area contributed by atoms with E-state index < -0.39 is 5.91 Å². The van der Waals surface area contributed by atoms with E-state index in [-0.39, 0.29) is 30.9 Å². The fourth-order valence-electron chi connectivity index (χ4n) is 1.94. The van der Waals surface area contributed by atoms with Gasteiger partial charge in [-0.3, -0.25) is 9.59 Å². The summed E-state index contributed by atoms with van der Waals surface area (Å²) in [5, 5.41) is 5.64. The van der Waals surface area contributed by atoms with Crippen molar-refractivity contribution in [1.82, 2.24) is 10.6 Å². The number of nitrogens with two attached hydrogens (primary N) is 1. The largest absolute Gasteiger partial charge is 0.368 e. The predicted molar refractivity (Wildman–Crippen MR) is 70.2 cm³/mol. The Hall–Kier alpha value is -1.59. The van der Waals surface area contributed by atoms with Crippen LogP contribution < -0.4 is 16.4 Å². The second-order valence-electron chi connectivity index (χ2n) is 4.09. The van der Waals surface area contributed by atoms with Gasteiger partial charge in [-0.25, -0.2) is 0 Å². The first-order valence-corrected chi connectivity index (χ1v) is 5.53. The van der Waals surface area contributed by atoms with Crippen molar-refractivity contribution >= 4 is 24.2 Å². The van der Waals surface area contributed by atoms with Crippen molar-refractivity contribution in [2.45, 2.75) is 19.0 Å². The number of carbonyl (C=O) groups excluding carboxylic acids is 2. The van der Waals surface area contributed by atoms with Crippen LogP contribution in [-0.4, -0.2) is 24.4 Å². The molecule has 0 fully saturated rings. The van der Waals surface area contributed by atoms with Crippen molar-refractivity contribution < 1.29 is 9.59 Å². The highest BCUT2D eigenvalue weighted by molar-refractivity contribution is 5.87. The van der Waals surface area contributed by atoms with Crippen molar-refractivity contribution in [3.05, 3.63) is 35.4 Å². The molecule has 1 aromatic rings. The Morgan fingerprint density at radius 1 is 1.33 bits per heavy atom. The molecule has 5 nitrogen and oxygen atoms in total. The van der Waals surface area contributed by atoms with Crippen molar-refractivity contribution in [2.24, 2.45) is 5.73 Å². The summed E-state index contributed by atoms with van der Waals surface area (Å²) < 4.78 is 0. The van der Waals surface area contributed by atoms with Crippen LogP contribution in [0.25, 0.3) is 0 Å². The predicted octanol–water partition coefficient (Wildman–Crippen LogP) is -0.276. The minimum absolute atomic E-state index is 0. The SMILES string of the molecule is Cl.NC(=O)CNC(=O)C1Cc2ccccc2CN1. The number of amides is 2. The number of carbonyl (C=O) groups is 2. The summed E-state index contributed by atoms with van der Waals surface area (Å²) in [6, 6.07) is 7.71. The molecule has 0 aliphatic carbocycles. The molecule has 0 saturated heterocycles. The number of hydrogen-bond acceptors (Lipinski definition) is 3. The molecular weight excluding hydrogens is 254 g/mol. The molecular formula is C12H16ClN3O2. The maximum Gasteiger partial charge on any atom is 0.237 e. The summed E-state index contributed by atoms with van der Waals surface area (Å²) in [5.41, 5.74) is 7.36. The normalized spacial score (nSPS) is 17.2. The van der Waals surface area contributed by atoms with Crippen LogP contribution in [0.2, 0.25) is 0 Å². The van der Waals surface area contributed by atoms with Gasteiger partial charge in [0.15, 0.2) is 0 Å². The molecule has 6 heteroatoms. The Labute approximate surface area is 112 Å². The minimum atomic E-state index is -0.533. The number of fused-ring (bicyclic) bond motifs is 1. The first-order chi connectivity index (χ1) is 8.16. The topological polar surface area (TPSA) is 84.2 Å². The smallest absolute Gasteiger partial charge is 0.237 e. The molecule has 2 rings (SSSR count). The van der Waals surface area contributed by atoms with E-state index in [0.29, 0.717) is 13.0 Å². The molecule has 1 aliphatic rings. The lowest BCUT2D eigenvalue weighted by Gasteiger charge is -2.25. The molecule has 0 aromatic heterocycles. The number of primary amides is 1. The number of benzene rings is 1. The molecule has 98 valence electrons. The first-order valence-electron chi connectivity index (χ1n) is 5.53. The number of hydrogen-bond donors (Lipinski definition) is 3. The van der Waals surface area contributed by atoms with Gasteiger partial charge >= 0.3 is 0 Å². The summed E-state index contributed by atoms with van der Waals surface area (Å²) in [4.78, 5) is 22.3. The van der Waals surface area contributed by atoms with Gasteiger partial charge in [0.1, 0.15) is 0 Å². The van der Waals surface area contributed by atoms with Gasteiger partial charge in [-0.1, -0.05) is 24.3 Å². The van der Waals surface area contributed by atoms with Gasteiger partial charge in [-0.2, -0.15) is 0 Å². The Balaban J connectivity index is 0.00000162. The lowest BCUT2D eigenvalue weighted by atomic mass is 9.95. The van der Waals surface area contributed by atoms with Gasteiger partial charge in [0.25, 0.3) is 0 Å². The van der Waals surface area contributed by atoms with Crippen LogP contribution >= 0.6 is 12.4 Å². The van der Waals surface area contributed by atoms with Crippen LogP contribution in [0.3, 0.4) is 0 Å². The monoisotopic (exact) mass is 269 g/mol. The van der Waals surface area contributed by atoms with Crippen LogP contribution in [0.4, 0.5) is 0 Å². The molecule has 18 heavy (non-hydrogen) atoms. The quantitative estimate of drug-likeness (QED) is 0.706. The van der Waals surface area contributed by atoms with Gasteiger partial charge in [-0.05, 0) is 17.5 Å². The molecule has 1 unspecified atom stereocenters. The van der Waals surface area contributed by atoms with Crippen LogP contribution in [-0.2, 0) is 22.6 Å². The zero-order valence-electron chi connectivity index (χ0n) is 9.81. The van der Waals surface area contributed by atoms with Crippen LogP contribution in [0, 0.1) is 0 Å². The average Bonchev–Trinajstić information content (AvgIpc) is 2.35. The second-order valence-corrected chi connectivity index (χ2v) is 4.09. The molecule has 0 spiro atoms. The molecule has 0 bridgehead atoms. The highest BCUT2D eigenvalue weighted by Gasteiger charge is 2.23. The van der Waals surface area contributed by atoms with E-state index in [1.807, 2.05) is 24.3 Å². The Bertz CT molecular complexity index is 451. The van der Waals surface area contributed by atoms with E-state index in [2.05, 4.69) is 10.6 Å². The van der Waals surface area contributed by atoms with E-state index in [1.165, 1.54) is 11.1 Å². The Morgan fingerprint density at radius 3 is 2.67 bits per heavy atom. The summed E-state index contributed by atoms with van der Waals surface area (Å²) >= 11 is 0. The molecule has 1 aliphatic heterocycles. The summed E-state index contributed by atoms with van der Waals surface area (Å²) in [6.45, 7) is 0.559. The lowest BCUT2D eigenvalue weighted by Crippen LogP contribution is -2.49. The van der Waals surface area contributed by atoms with E-state index in [0.717, 1.165) is 0 Å². The highest BCUT2D eigenvalue weighted by Crippen LogP contribution is 2.16. The Kier molecular flexibility index (Phi) is 5.12. The van der Waals surface area contributed by atoms with Crippen LogP contribution in [0.1, 0.15) is 11.1 Å². The first kappa shape index (κ1) is 14.5. The molecule has 1 aromatic carbocycles. The van der Waals surface area contributed by atoms with Gasteiger partial charge in [0.05, 0.1) is 12.6 Å². The summed E-state index contributed by atoms with van der Waals surface area (Å²) in [5.74, 6) is -0.715. The molecule has 4 N–H and O–H groups in total. The number of halogens is 1. The fourth-order valence-corrected chi connectivity index (χ4v) is 1.94. The van der Waals surface area contributed by atoms with E-state index in [1.54, 1.807) is 0 Å².